The molecule has 10 aromatic rings. The van der Waals surface area contributed by atoms with Gasteiger partial charge < -0.3 is 9.47 Å². The summed E-state index contributed by atoms with van der Waals surface area (Å²) in [6.45, 7) is 5.11. The average Bonchev–Trinajstić information content (AvgIpc) is 3.61. The molecule has 274 valence electrons. The summed E-state index contributed by atoms with van der Waals surface area (Å²) in [7, 11) is -2.27. The zero-order valence-corrected chi connectivity index (χ0v) is 33.5. The van der Waals surface area contributed by atoms with E-state index in [1.165, 1.54) is 82.0 Å². The minimum absolute atomic E-state index is 0.468. The van der Waals surface area contributed by atoms with Crippen molar-refractivity contribution in [3.63, 3.8) is 0 Å². The van der Waals surface area contributed by atoms with Crippen LogP contribution in [-0.2, 0) is 5.41 Å². The summed E-state index contributed by atoms with van der Waals surface area (Å²) >= 11 is 0. The van der Waals surface area contributed by atoms with Gasteiger partial charge in [0.05, 0.1) is 16.4 Å². The van der Waals surface area contributed by atoms with E-state index in [1.54, 1.807) is 0 Å². The summed E-state index contributed by atoms with van der Waals surface area (Å²) in [6.07, 6.45) is 0. The second-order valence-electron chi connectivity index (χ2n) is 16.5. The third kappa shape index (κ3) is 4.42. The molecule has 0 radical (unpaired) electrons. The van der Waals surface area contributed by atoms with E-state index in [0.717, 1.165) is 17.1 Å². The lowest BCUT2D eigenvalue weighted by Gasteiger charge is -2.50. The Balaban J connectivity index is 1.15. The van der Waals surface area contributed by atoms with Crippen molar-refractivity contribution in [2.24, 2.45) is 0 Å². The second-order valence-corrected chi connectivity index (χ2v) is 20.8. The number of hydrogen-bond donors (Lipinski definition) is 0. The Morgan fingerprint density at radius 2 is 1.02 bits per heavy atom. The Bertz CT molecular complexity index is 3260. The van der Waals surface area contributed by atoms with E-state index in [-0.39, 0.29) is 0 Å². The molecule has 1 aromatic heterocycles. The molecular weight excluding hydrogens is 717 g/mol. The van der Waals surface area contributed by atoms with Crippen molar-refractivity contribution in [1.29, 1.82) is 0 Å². The van der Waals surface area contributed by atoms with Gasteiger partial charge in [-0.2, -0.15) is 0 Å². The average molecular weight is 757 g/mol. The second kappa shape index (κ2) is 12.3. The lowest BCUT2D eigenvalue weighted by Crippen LogP contribution is -2.63. The molecule has 12 rings (SSSR count). The van der Waals surface area contributed by atoms with Gasteiger partial charge in [-0.15, -0.1) is 0 Å². The van der Waals surface area contributed by atoms with Crippen molar-refractivity contribution in [3.05, 3.63) is 229 Å². The number of nitrogens with zero attached hydrogens (tertiary/aromatic N) is 2. The molecule has 2 nitrogen and oxygen atoms in total. The summed E-state index contributed by atoms with van der Waals surface area (Å²) in [6, 6.07) is 77.3. The normalized spacial score (nSPS) is 16.0. The van der Waals surface area contributed by atoms with Crippen LogP contribution in [0.1, 0.15) is 22.3 Å². The maximum atomic E-state index is 2.56. The van der Waals surface area contributed by atoms with E-state index in [0.29, 0.717) is 0 Å². The number of aromatic nitrogens is 1. The van der Waals surface area contributed by atoms with Gasteiger partial charge in [-0.25, -0.2) is 0 Å². The molecule has 0 N–H and O–H groups in total. The number of anilines is 3. The summed E-state index contributed by atoms with van der Waals surface area (Å²) in [5.41, 5.74) is 14.8. The third-order valence-electron chi connectivity index (χ3n) is 13.2. The van der Waals surface area contributed by atoms with Gasteiger partial charge in [0, 0.05) is 33.5 Å². The minimum atomic E-state index is -2.27. The van der Waals surface area contributed by atoms with Gasteiger partial charge in [0.15, 0.2) is 0 Å². The van der Waals surface area contributed by atoms with Crippen LogP contribution in [0.3, 0.4) is 0 Å². The van der Waals surface area contributed by atoms with Crippen LogP contribution in [-0.4, -0.2) is 12.6 Å². The molecule has 0 saturated carbocycles. The van der Waals surface area contributed by atoms with Crippen molar-refractivity contribution in [2.45, 2.75) is 18.5 Å². The lowest BCUT2D eigenvalue weighted by atomic mass is 9.59. The molecule has 1 aliphatic heterocycles. The summed E-state index contributed by atoms with van der Waals surface area (Å²) in [5.74, 6) is 0. The van der Waals surface area contributed by atoms with Gasteiger partial charge >= 0.3 is 0 Å². The first kappa shape index (κ1) is 33.2. The lowest BCUT2D eigenvalue weighted by molar-refractivity contribution is 0.754. The van der Waals surface area contributed by atoms with E-state index < -0.39 is 13.5 Å². The number of fused-ring (bicyclic) bond motifs is 11. The highest BCUT2D eigenvalue weighted by atomic mass is 28.3. The Labute approximate surface area is 339 Å². The van der Waals surface area contributed by atoms with Crippen molar-refractivity contribution >= 4 is 68.1 Å². The summed E-state index contributed by atoms with van der Waals surface area (Å²) < 4.78 is 2.42. The molecule has 0 bridgehead atoms. The van der Waals surface area contributed by atoms with Crippen molar-refractivity contribution in [3.8, 4) is 16.8 Å². The Kier molecular flexibility index (Phi) is 7.03. The first-order valence-electron chi connectivity index (χ1n) is 20.4. The molecule has 58 heavy (non-hydrogen) atoms. The van der Waals surface area contributed by atoms with Crippen LogP contribution in [0, 0.1) is 0 Å². The standard InChI is InChI=1S/C55H40N2Si/c1-58(2)52-30-14-12-27-47(52)55(46-26-11-9-23-42(46)45-25-15-17-37-18-16-28-49(55)54(37)45)48-34-32-41(36-53(48)58)56(38-19-5-3-6-20-38)40-31-33-44-43-24-10-13-29-50(43)57(51(44)35-40)39-21-7-4-8-22-39/h3-36H,1-2H3. The minimum Gasteiger partial charge on any atom is -0.310 e. The van der Waals surface area contributed by atoms with Crippen molar-refractivity contribution in [1.82, 2.24) is 4.57 Å². The molecule has 3 heteroatoms. The molecule has 9 aromatic carbocycles. The van der Waals surface area contributed by atoms with Crippen LogP contribution in [0.5, 0.6) is 0 Å². The number of rotatable bonds is 4. The highest BCUT2D eigenvalue weighted by molar-refractivity contribution is 7.01. The largest absolute Gasteiger partial charge is 0.310 e. The number of benzene rings is 9. The van der Waals surface area contributed by atoms with Crippen LogP contribution in [0.15, 0.2) is 206 Å². The van der Waals surface area contributed by atoms with Gasteiger partial charge in [-0.05, 0) is 109 Å². The SMILES string of the molecule is C[Si]1(C)c2ccccc2C2(c3ccccc3-c3cccc4cccc2c34)c2ccc(N(c3ccccc3)c3ccc4c5ccccc5n(-c5ccccc5)c4c3)cc21. The monoisotopic (exact) mass is 756 g/mol. The fourth-order valence-electron chi connectivity index (χ4n) is 10.8. The Morgan fingerprint density at radius 1 is 0.414 bits per heavy atom. The predicted molar refractivity (Wildman–Crippen MR) is 247 cm³/mol. The predicted octanol–water partition coefficient (Wildman–Crippen LogP) is 12.9. The molecule has 2 heterocycles. The smallest absolute Gasteiger partial charge is 0.113 e. The molecule has 1 atom stereocenters. The molecule has 0 saturated heterocycles. The highest BCUT2D eigenvalue weighted by Gasteiger charge is 2.52. The van der Waals surface area contributed by atoms with Crippen LogP contribution in [0.4, 0.5) is 17.1 Å². The van der Waals surface area contributed by atoms with Crippen LogP contribution >= 0.6 is 0 Å². The topological polar surface area (TPSA) is 8.17 Å². The molecule has 1 spiro atoms. The van der Waals surface area contributed by atoms with Crippen LogP contribution in [0.25, 0.3) is 49.4 Å². The molecule has 1 unspecified atom stereocenters. The third-order valence-corrected chi connectivity index (χ3v) is 16.8. The Morgan fingerprint density at radius 3 is 1.86 bits per heavy atom. The van der Waals surface area contributed by atoms with Gasteiger partial charge in [0.2, 0.25) is 0 Å². The van der Waals surface area contributed by atoms with E-state index >= 15 is 0 Å². The fraction of sp³-hybridized carbons (Fsp3) is 0.0545. The van der Waals surface area contributed by atoms with Gasteiger partial charge in [0.1, 0.15) is 8.07 Å². The molecule has 0 fully saturated rings. The maximum Gasteiger partial charge on any atom is 0.113 e. The van der Waals surface area contributed by atoms with Gasteiger partial charge in [-0.3, -0.25) is 0 Å². The van der Waals surface area contributed by atoms with Crippen molar-refractivity contribution in [2.75, 3.05) is 4.90 Å². The maximum absolute atomic E-state index is 2.56. The van der Waals surface area contributed by atoms with Crippen LogP contribution in [0.2, 0.25) is 13.1 Å². The summed E-state index contributed by atoms with van der Waals surface area (Å²) in [4.78, 5) is 2.47. The zero-order valence-electron chi connectivity index (χ0n) is 32.5. The molecule has 0 amide bonds. The van der Waals surface area contributed by atoms with E-state index in [9.17, 15) is 0 Å². The van der Waals surface area contributed by atoms with E-state index in [4.69, 9.17) is 0 Å². The fourth-order valence-corrected chi connectivity index (χ4v) is 14.0. The van der Waals surface area contributed by atoms with E-state index in [2.05, 4.69) is 229 Å². The first-order valence-corrected chi connectivity index (χ1v) is 23.4. The van der Waals surface area contributed by atoms with Crippen LogP contribution < -0.4 is 15.3 Å². The molecule has 2 aliphatic rings. The van der Waals surface area contributed by atoms with Gasteiger partial charge in [-0.1, -0.05) is 165 Å². The Hall–Kier alpha value is -6.94. The van der Waals surface area contributed by atoms with Crippen molar-refractivity contribution < 1.29 is 0 Å². The quantitative estimate of drug-likeness (QED) is 0.162. The summed E-state index contributed by atoms with van der Waals surface area (Å²) in [5, 5.41) is 8.15. The first-order chi connectivity index (χ1) is 28.5. The highest BCUT2D eigenvalue weighted by Crippen LogP contribution is 2.56. The molecular formula is C55H40N2Si. The number of para-hydroxylation sites is 3. The molecule has 1 aliphatic carbocycles. The van der Waals surface area contributed by atoms with E-state index in [1.807, 2.05) is 0 Å². The zero-order chi connectivity index (χ0) is 38.6. The van der Waals surface area contributed by atoms with Gasteiger partial charge in [0.25, 0.3) is 0 Å². The number of hydrogen-bond acceptors (Lipinski definition) is 1.